The predicted molar refractivity (Wildman–Crippen MR) is 68.1 cm³/mol. The molecule has 0 saturated carbocycles. The molecule has 1 N–H and O–H groups in total. The Labute approximate surface area is 93.2 Å². The molecule has 1 heteroatoms. The maximum atomic E-state index is 3.35. The first-order valence-corrected chi connectivity index (χ1v) is 5.69. The summed E-state index contributed by atoms with van der Waals surface area (Å²) in [5.74, 6) is 0. The highest BCUT2D eigenvalue weighted by atomic mass is 14.8. The largest absolute Gasteiger partial charge is 0.313 e. The average molecular weight is 203 g/mol. The Morgan fingerprint density at radius 1 is 1.27 bits per heavy atom. The van der Waals surface area contributed by atoms with Gasteiger partial charge in [0, 0.05) is 6.54 Å². The van der Waals surface area contributed by atoms with E-state index in [-0.39, 0.29) is 0 Å². The van der Waals surface area contributed by atoms with Gasteiger partial charge in [0.15, 0.2) is 0 Å². The Balaban J connectivity index is 2.53. The third-order valence-electron chi connectivity index (χ3n) is 2.63. The molecule has 0 aliphatic carbocycles. The lowest BCUT2D eigenvalue weighted by Crippen LogP contribution is -2.13. The third-order valence-corrected chi connectivity index (χ3v) is 2.63. The molecule has 0 bridgehead atoms. The van der Waals surface area contributed by atoms with Crippen molar-refractivity contribution in [3.05, 3.63) is 41.0 Å². The molecule has 0 radical (unpaired) electrons. The maximum absolute atomic E-state index is 3.35. The Hall–Kier alpha value is -1.08. The molecule has 0 aliphatic rings. The lowest BCUT2D eigenvalue weighted by molar-refractivity contribution is 0.730. The Kier molecular flexibility index (Phi) is 5.13. The van der Waals surface area contributed by atoms with Gasteiger partial charge in [0.1, 0.15) is 0 Å². The first-order chi connectivity index (χ1) is 7.25. The molecule has 0 fully saturated rings. The van der Waals surface area contributed by atoms with E-state index in [4.69, 9.17) is 0 Å². The van der Waals surface area contributed by atoms with Gasteiger partial charge in [-0.3, -0.25) is 0 Å². The van der Waals surface area contributed by atoms with Gasteiger partial charge in [-0.15, -0.1) is 0 Å². The number of hydrogen-bond donors (Lipinski definition) is 1. The first kappa shape index (κ1) is 12.0. The van der Waals surface area contributed by atoms with E-state index in [1.165, 1.54) is 23.1 Å². The first-order valence-electron chi connectivity index (χ1n) is 5.69. The van der Waals surface area contributed by atoms with Gasteiger partial charge in [-0.1, -0.05) is 37.3 Å². The van der Waals surface area contributed by atoms with Gasteiger partial charge in [0.05, 0.1) is 0 Å². The third kappa shape index (κ3) is 3.88. The van der Waals surface area contributed by atoms with Gasteiger partial charge in [-0.2, -0.15) is 0 Å². The monoisotopic (exact) mass is 203 g/mol. The smallest absolute Gasteiger partial charge is 0.0138 e. The van der Waals surface area contributed by atoms with Crippen LogP contribution in [0.3, 0.4) is 0 Å². The van der Waals surface area contributed by atoms with E-state index in [9.17, 15) is 0 Å². The van der Waals surface area contributed by atoms with Crippen LogP contribution < -0.4 is 5.32 Å². The number of rotatable bonds is 5. The molecule has 0 amide bonds. The fraction of sp³-hybridized carbons (Fsp3) is 0.429. The van der Waals surface area contributed by atoms with Gasteiger partial charge in [0.2, 0.25) is 0 Å². The van der Waals surface area contributed by atoms with Crippen molar-refractivity contribution in [3.63, 3.8) is 0 Å². The molecule has 0 spiro atoms. The zero-order chi connectivity index (χ0) is 11.1. The summed E-state index contributed by atoms with van der Waals surface area (Å²) in [4.78, 5) is 0. The van der Waals surface area contributed by atoms with Crippen LogP contribution in [-0.2, 0) is 0 Å². The van der Waals surface area contributed by atoms with Crippen LogP contribution in [0, 0.1) is 13.8 Å². The fourth-order valence-electron chi connectivity index (χ4n) is 1.50. The van der Waals surface area contributed by atoms with Crippen molar-refractivity contribution < 1.29 is 0 Å². The highest BCUT2D eigenvalue weighted by molar-refractivity contribution is 5.55. The molecule has 1 nitrogen and oxygen atoms in total. The second-order valence-electron chi connectivity index (χ2n) is 3.90. The topological polar surface area (TPSA) is 12.0 Å². The van der Waals surface area contributed by atoms with E-state index < -0.39 is 0 Å². The van der Waals surface area contributed by atoms with Crippen LogP contribution in [-0.4, -0.2) is 13.1 Å². The highest BCUT2D eigenvalue weighted by Crippen LogP contribution is 2.13. The standard InChI is InChI=1S/C14H21N/c1-4-10-15-11-6-9-14-8-5-7-12(2)13(14)3/h5-9,15H,4,10-11H2,1-3H3. The summed E-state index contributed by atoms with van der Waals surface area (Å²) < 4.78 is 0. The van der Waals surface area contributed by atoms with E-state index in [2.05, 4.69) is 56.4 Å². The minimum Gasteiger partial charge on any atom is -0.313 e. The van der Waals surface area contributed by atoms with E-state index in [0.717, 1.165) is 13.1 Å². The molecule has 82 valence electrons. The summed E-state index contributed by atoms with van der Waals surface area (Å²) in [7, 11) is 0. The summed E-state index contributed by atoms with van der Waals surface area (Å²) in [5, 5.41) is 3.35. The van der Waals surface area contributed by atoms with E-state index in [1.54, 1.807) is 0 Å². The molecule has 0 unspecified atom stereocenters. The van der Waals surface area contributed by atoms with Crippen LogP contribution in [0.2, 0.25) is 0 Å². The van der Waals surface area contributed by atoms with E-state index in [0.29, 0.717) is 0 Å². The quantitative estimate of drug-likeness (QED) is 0.724. The van der Waals surface area contributed by atoms with Crippen LogP contribution in [0.1, 0.15) is 30.0 Å². The number of nitrogens with one attached hydrogen (secondary N) is 1. The minimum atomic E-state index is 0.960. The summed E-state index contributed by atoms with van der Waals surface area (Å²) in [5.41, 5.74) is 4.07. The molecular formula is C14H21N. The molecule has 0 aromatic heterocycles. The van der Waals surface area contributed by atoms with Crippen LogP contribution in [0.15, 0.2) is 24.3 Å². The van der Waals surface area contributed by atoms with Crippen molar-refractivity contribution in [2.45, 2.75) is 27.2 Å². The van der Waals surface area contributed by atoms with Gasteiger partial charge in [-0.05, 0) is 43.5 Å². The van der Waals surface area contributed by atoms with Gasteiger partial charge in [-0.25, -0.2) is 0 Å². The summed E-state index contributed by atoms with van der Waals surface area (Å²) in [6.45, 7) is 8.57. The van der Waals surface area contributed by atoms with Crippen molar-refractivity contribution >= 4 is 6.08 Å². The molecule has 1 aromatic carbocycles. The SMILES string of the molecule is CCCNCC=Cc1cccc(C)c1C. The number of hydrogen-bond acceptors (Lipinski definition) is 1. The summed E-state index contributed by atoms with van der Waals surface area (Å²) in [6, 6.07) is 6.43. The highest BCUT2D eigenvalue weighted by Gasteiger charge is 1.95. The van der Waals surface area contributed by atoms with Crippen LogP contribution in [0.5, 0.6) is 0 Å². The summed E-state index contributed by atoms with van der Waals surface area (Å²) >= 11 is 0. The zero-order valence-electron chi connectivity index (χ0n) is 10.0. The second kappa shape index (κ2) is 6.41. The minimum absolute atomic E-state index is 0.960. The molecule has 1 aromatic rings. The van der Waals surface area contributed by atoms with E-state index >= 15 is 0 Å². The normalized spacial score (nSPS) is 11.1. The van der Waals surface area contributed by atoms with Crippen LogP contribution >= 0.6 is 0 Å². The fourth-order valence-corrected chi connectivity index (χ4v) is 1.50. The van der Waals surface area contributed by atoms with Crippen molar-refractivity contribution in [1.82, 2.24) is 5.32 Å². The zero-order valence-corrected chi connectivity index (χ0v) is 10.0. The van der Waals surface area contributed by atoms with Gasteiger partial charge >= 0.3 is 0 Å². The predicted octanol–water partition coefficient (Wildman–Crippen LogP) is 3.32. The Bertz CT molecular complexity index is 326. The molecule has 1 rings (SSSR count). The van der Waals surface area contributed by atoms with Gasteiger partial charge in [0.25, 0.3) is 0 Å². The van der Waals surface area contributed by atoms with Crippen molar-refractivity contribution in [3.8, 4) is 0 Å². The summed E-state index contributed by atoms with van der Waals surface area (Å²) in [6.07, 6.45) is 5.58. The molecule has 0 heterocycles. The molecule has 15 heavy (non-hydrogen) atoms. The van der Waals surface area contributed by atoms with Crippen molar-refractivity contribution in [2.24, 2.45) is 0 Å². The number of benzene rings is 1. The lowest BCUT2D eigenvalue weighted by Gasteiger charge is -2.03. The Morgan fingerprint density at radius 2 is 2.07 bits per heavy atom. The van der Waals surface area contributed by atoms with Crippen molar-refractivity contribution in [2.75, 3.05) is 13.1 Å². The molecule has 0 aliphatic heterocycles. The average Bonchev–Trinajstić information content (AvgIpc) is 2.24. The van der Waals surface area contributed by atoms with Gasteiger partial charge < -0.3 is 5.32 Å². The number of aryl methyl sites for hydroxylation is 1. The Morgan fingerprint density at radius 3 is 2.80 bits per heavy atom. The van der Waals surface area contributed by atoms with Crippen LogP contribution in [0.4, 0.5) is 0 Å². The van der Waals surface area contributed by atoms with E-state index in [1.807, 2.05) is 0 Å². The second-order valence-corrected chi connectivity index (χ2v) is 3.90. The molecule has 0 saturated heterocycles. The van der Waals surface area contributed by atoms with Crippen molar-refractivity contribution in [1.29, 1.82) is 0 Å². The maximum Gasteiger partial charge on any atom is 0.0138 e. The lowest BCUT2D eigenvalue weighted by atomic mass is 10.0. The molecular weight excluding hydrogens is 182 g/mol. The molecule has 0 atom stereocenters. The van der Waals surface area contributed by atoms with Crippen LogP contribution in [0.25, 0.3) is 6.08 Å².